The Bertz CT molecular complexity index is 574. The molecule has 2 aromatic rings. The lowest BCUT2D eigenvalue weighted by molar-refractivity contribution is 0.453. The first-order chi connectivity index (χ1) is 7.68. The predicted molar refractivity (Wildman–Crippen MR) is 53.6 cm³/mol. The summed E-state index contributed by atoms with van der Waals surface area (Å²) in [4.78, 5) is 2.92. The van der Waals surface area contributed by atoms with Crippen molar-refractivity contribution in [1.82, 2.24) is 10.3 Å². The van der Waals surface area contributed by atoms with Crippen LogP contribution in [0.25, 0.3) is 10.9 Å². The number of halogens is 3. The zero-order chi connectivity index (χ0) is 11.3. The Morgan fingerprint density at radius 2 is 1.94 bits per heavy atom. The summed E-state index contributed by atoms with van der Waals surface area (Å²) in [7, 11) is 0. The third kappa shape index (κ3) is 1.18. The smallest absolute Gasteiger partial charge is 0.195 e. The van der Waals surface area contributed by atoms with Crippen LogP contribution in [0, 0.1) is 17.5 Å². The molecular formula is C11H9F3N2. The van der Waals surface area contributed by atoms with Crippen LogP contribution in [0.1, 0.15) is 11.3 Å². The summed E-state index contributed by atoms with van der Waals surface area (Å²) >= 11 is 0. The van der Waals surface area contributed by atoms with E-state index in [4.69, 9.17) is 0 Å². The van der Waals surface area contributed by atoms with Gasteiger partial charge in [0.2, 0.25) is 0 Å². The molecule has 0 saturated carbocycles. The van der Waals surface area contributed by atoms with E-state index < -0.39 is 17.5 Å². The van der Waals surface area contributed by atoms with E-state index in [-0.39, 0.29) is 5.39 Å². The van der Waals surface area contributed by atoms with E-state index in [9.17, 15) is 13.2 Å². The van der Waals surface area contributed by atoms with Gasteiger partial charge in [0.05, 0.1) is 5.52 Å². The minimum Gasteiger partial charge on any atom is -0.357 e. The van der Waals surface area contributed by atoms with Gasteiger partial charge in [0.1, 0.15) is 0 Å². The minimum absolute atomic E-state index is 0.190. The van der Waals surface area contributed by atoms with Gasteiger partial charge in [-0.2, -0.15) is 0 Å². The Morgan fingerprint density at radius 1 is 1.12 bits per heavy atom. The monoisotopic (exact) mass is 226 g/mol. The molecule has 0 amide bonds. The highest BCUT2D eigenvalue weighted by Gasteiger charge is 2.22. The number of rotatable bonds is 0. The van der Waals surface area contributed by atoms with Gasteiger partial charge in [0.15, 0.2) is 17.5 Å². The minimum atomic E-state index is -1.40. The molecule has 2 N–H and O–H groups in total. The second-order valence-electron chi connectivity index (χ2n) is 3.92. The molecule has 1 aromatic heterocycles. The number of hydrogen-bond acceptors (Lipinski definition) is 1. The van der Waals surface area contributed by atoms with E-state index in [2.05, 4.69) is 10.3 Å². The third-order valence-corrected chi connectivity index (χ3v) is 2.97. The molecule has 3 rings (SSSR count). The first-order valence-electron chi connectivity index (χ1n) is 5.06. The highest BCUT2D eigenvalue weighted by molar-refractivity contribution is 5.85. The lowest BCUT2D eigenvalue weighted by Gasteiger charge is -2.12. The molecule has 0 saturated heterocycles. The number of hydrogen-bond donors (Lipinski definition) is 2. The molecule has 1 aliphatic heterocycles. The predicted octanol–water partition coefficient (Wildman–Crippen LogP) is 2.23. The van der Waals surface area contributed by atoms with Crippen LogP contribution in [0.2, 0.25) is 0 Å². The maximum Gasteiger partial charge on any atom is 0.195 e. The molecule has 2 nitrogen and oxygen atoms in total. The highest BCUT2D eigenvalue weighted by Crippen LogP contribution is 2.29. The number of H-pyrrole nitrogens is 1. The lowest BCUT2D eigenvalue weighted by atomic mass is 10.0. The molecule has 0 aliphatic carbocycles. The van der Waals surface area contributed by atoms with Gasteiger partial charge in [-0.25, -0.2) is 13.2 Å². The Hall–Kier alpha value is -1.49. The van der Waals surface area contributed by atoms with Crippen LogP contribution in [0.4, 0.5) is 13.2 Å². The van der Waals surface area contributed by atoms with Crippen LogP contribution in [-0.2, 0) is 13.0 Å². The molecule has 0 atom stereocenters. The first-order valence-corrected chi connectivity index (χ1v) is 5.06. The maximum absolute atomic E-state index is 13.6. The third-order valence-electron chi connectivity index (χ3n) is 2.97. The Kier molecular flexibility index (Phi) is 1.97. The average molecular weight is 226 g/mol. The number of fused-ring (bicyclic) bond motifs is 3. The van der Waals surface area contributed by atoms with E-state index in [1.165, 1.54) is 0 Å². The second kappa shape index (κ2) is 3.25. The van der Waals surface area contributed by atoms with Crippen LogP contribution >= 0.6 is 0 Å². The quantitative estimate of drug-likeness (QED) is 0.662. The van der Waals surface area contributed by atoms with Crippen LogP contribution in [0.15, 0.2) is 6.07 Å². The van der Waals surface area contributed by atoms with Gasteiger partial charge in [-0.1, -0.05) is 0 Å². The molecule has 2 heterocycles. The molecule has 84 valence electrons. The molecule has 16 heavy (non-hydrogen) atoms. The standard InChI is InChI=1S/C11H9F3N2/c12-6-3-7-9(11(14)10(6)13)5-1-2-15-4-8(5)16-7/h3,15-16H,1-2,4H2. The summed E-state index contributed by atoms with van der Waals surface area (Å²) < 4.78 is 39.8. The average Bonchev–Trinajstić information content (AvgIpc) is 2.64. The Balaban J connectivity index is 2.40. The highest BCUT2D eigenvalue weighted by atomic mass is 19.2. The Labute approximate surface area is 89.5 Å². The van der Waals surface area contributed by atoms with Gasteiger partial charge in [-0.15, -0.1) is 0 Å². The van der Waals surface area contributed by atoms with Crippen molar-refractivity contribution in [2.75, 3.05) is 6.54 Å². The maximum atomic E-state index is 13.6. The molecule has 1 aromatic carbocycles. The molecule has 1 aliphatic rings. The first kappa shape index (κ1) is 9.72. The molecule has 0 spiro atoms. The summed E-state index contributed by atoms with van der Waals surface area (Å²) in [6.07, 6.45) is 0.622. The zero-order valence-corrected chi connectivity index (χ0v) is 8.33. The number of nitrogens with one attached hydrogen (secondary N) is 2. The van der Waals surface area contributed by atoms with Crippen molar-refractivity contribution < 1.29 is 13.2 Å². The fourth-order valence-electron chi connectivity index (χ4n) is 2.23. The molecule has 0 bridgehead atoms. The van der Waals surface area contributed by atoms with Gasteiger partial charge >= 0.3 is 0 Å². The molecule has 0 unspecified atom stereocenters. The lowest BCUT2D eigenvalue weighted by Crippen LogP contribution is -2.23. The molecule has 0 fully saturated rings. The van der Waals surface area contributed by atoms with Crippen molar-refractivity contribution in [3.63, 3.8) is 0 Å². The van der Waals surface area contributed by atoms with E-state index in [0.29, 0.717) is 18.5 Å². The van der Waals surface area contributed by atoms with Crippen molar-refractivity contribution in [2.45, 2.75) is 13.0 Å². The van der Waals surface area contributed by atoms with Crippen molar-refractivity contribution in [3.8, 4) is 0 Å². The van der Waals surface area contributed by atoms with E-state index in [1.54, 1.807) is 0 Å². The van der Waals surface area contributed by atoms with Crippen molar-refractivity contribution in [1.29, 1.82) is 0 Å². The van der Waals surface area contributed by atoms with Gasteiger partial charge in [-0.05, 0) is 18.5 Å². The van der Waals surface area contributed by atoms with Crippen LogP contribution in [0.3, 0.4) is 0 Å². The van der Waals surface area contributed by atoms with Crippen molar-refractivity contribution in [2.24, 2.45) is 0 Å². The molecular weight excluding hydrogens is 217 g/mol. The number of aromatic amines is 1. The van der Waals surface area contributed by atoms with Crippen molar-refractivity contribution in [3.05, 3.63) is 34.8 Å². The van der Waals surface area contributed by atoms with Crippen LogP contribution < -0.4 is 5.32 Å². The fraction of sp³-hybridized carbons (Fsp3) is 0.273. The molecule has 5 heteroatoms. The van der Waals surface area contributed by atoms with Gasteiger partial charge < -0.3 is 10.3 Å². The zero-order valence-electron chi connectivity index (χ0n) is 8.33. The summed E-state index contributed by atoms with van der Waals surface area (Å²) in [5.74, 6) is -3.64. The second-order valence-corrected chi connectivity index (χ2v) is 3.92. The summed E-state index contributed by atoms with van der Waals surface area (Å²) in [5, 5.41) is 3.30. The van der Waals surface area contributed by atoms with E-state index in [0.717, 1.165) is 23.9 Å². The number of aromatic nitrogens is 1. The van der Waals surface area contributed by atoms with E-state index >= 15 is 0 Å². The summed E-state index contributed by atoms with van der Waals surface area (Å²) in [6, 6.07) is 1.01. The molecule has 0 radical (unpaired) electrons. The normalized spacial score (nSPS) is 15.4. The van der Waals surface area contributed by atoms with Gasteiger partial charge in [0.25, 0.3) is 0 Å². The fourth-order valence-corrected chi connectivity index (χ4v) is 2.23. The SMILES string of the molecule is Fc1cc2[nH]c3c(c2c(F)c1F)CCNC3. The topological polar surface area (TPSA) is 27.8 Å². The van der Waals surface area contributed by atoms with Crippen LogP contribution in [-0.4, -0.2) is 11.5 Å². The van der Waals surface area contributed by atoms with Crippen LogP contribution in [0.5, 0.6) is 0 Å². The Morgan fingerprint density at radius 3 is 2.75 bits per heavy atom. The van der Waals surface area contributed by atoms with Gasteiger partial charge in [-0.3, -0.25) is 0 Å². The summed E-state index contributed by atoms with van der Waals surface area (Å²) in [5.41, 5.74) is 1.89. The summed E-state index contributed by atoms with van der Waals surface area (Å²) in [6.45, 7) is 1.30. The van der Waals surface area contributed by atoms with Gasteiger partial charge in [0, 0.05) is 23.7 Å². The van der Waals surface area contributed by atoms with E-state index in [1.807, 2.05) is 0 Å². The van der Waals surface area contributed by atoms with Crippen molar-refractivity contribution >= 4 is 10.9 Å². The number of benzene rings is 1. The largest absolute Gasteiger partial charge is 0.357 e.